The largest absolute Gasteiger partial charge is 0.480 e. The summed E-state index contributed by atoms with van der Waals surface area (Å²) in [7, 11) is 0. The van der Waals surface area contributed by atoms with E-state index in [9.17, 15) is 24.5 Å². The van der Waals surface area contributed by atoms with Crippen molar-refractivity contribution in [3.63, 3.8) is 0 Å². The SMILES string of the molecule is NC(=O)CC[C@H](NC(=O)c1ccc([N+](=O)[O-])[nH]1)C(=O)O. The lowest BCUT2D eigenvalue weighted by molar-refractivity contribution is -0.389. The number of rotatable bonds is 7. The fourth-order valence-electron chi connectivity index (χ4n) is 1.40. The number of hydrogen-bond acceptors (Lipinski definition) is 5. The Morgan fingerprint density at radius 3 is 2.55 bits per heavy atom. The molecule has 10 nitrogen and oxygen atoms in total. The van der Waals surface area contributed by atoms with Gasteiger partial charge in [0.05, 0.1) is 0 Å². The number of primary amides is 1. The lowest BCUT2D eigenvalue weighted by Gasteiger charge is -2.12. The molecule has 0 aromatic carbocycles. The normalized spacial score (nSPS) is 11.6. The first kappa shape index (κ1) is 15.1. The van der Waals surface area contributed by atoms with Crippen LogP contribution in [0.4, 0.5) is 5.82 Å². The summed E-state index contributed by atoms with van der Waals surface area (Å²) in [4.78, 5) is 45.1. The van der Waals surface area contributed by atoms with Gasteiger partial charge in [-0.1, -0.05) is 0 Å². The number of aliphatic carboxylic acids is 1. The first-order valence-corrected chi connectivity index (χ1v) is 5.46. The summed E-state index contributed by atoms with van der Waals surface area (Å²) >= 11 is 0. The standard InChI is InChI=1S/C10H12N4O6/c11-7(15)3-1-6(10(17)18)13-9(16)5-2-4-8(12-5)14(19)20/h2,4,6,12H,1,3H2,(H2,11,15)(H,13,16)(H,17,18)/t6-/m0/s1. The molecule has 1 atom stereocenters. The molecule has 0 aliphatic heterocycles. The Labute approximate surface area is 112 Å². The Morgan fingerprint density at radius 1 is 1.45 bits per heavy atom. The maximum atomic E-state index is 11.7. The molecule has 0 aliphatic carbocycles. The highest BCUT2D eigenvalue weighted by Crippen LogP contribution is 2.10. The van der Waals surface area contributed by atoms with E-state index in [-0.39, 0.29) is 24.4 Å². The zero-order chi connectivity index (χ0) is 15.3. The van der Waals surface area contributed by atoms with Crippen molar-refractivity contribution in [3.05, 3.63) is 27.9 Å². The van der Waals surface area contributed by atoms with Gasteiger partial charge in [0.25, 0.3) is 5.91 Å². The van der Waals surface area contributed by atoms with Crippen molar-refractivity contribution in [1.29, 1.82) is 0 Å². The van der Waals surface area contributed by atoms with Crippen LogP contribution in [0.1, 0.15) is 23.3 Å². The van der Waals surface area contributed by atoms with Crippen molar-refractivity contribution < 1.29 is 24.4 Å². The van der Waals surface area contributed by atoms with E-state index < -0.39 is 28.7 Å². The van der Waals surface area contributed by atoms with Gasteiger partial charge in [0.1, 0.15) is 6.04 Å². The predicted molar refractivity (Wildman–Crippen MR) is 64.8 cm³/mol. The number of aromatic amines is 1. The van der Waals surface area contributed by atoms with E-state index in [1.54, 1.807) is 0 Å². The fraction of sp³-hybridized carbons (Fsp3) is 0.300. The van der Waals surface area contributed by atoms with Gasteiger partial charge >= 0.3 is 11.8 Å². The smallest absolute Gasteiger partial charge is 0.326 e. The van der Waals surface area contributed by atoms with E-state index in [0.29, 0.717) is 0 Å². The molecule has 1 aromatic rings. The molecule has 1 heterocycles. The Kier molecular flexibility index (Phi) is 4.78. The summed E-state index contributed by atoms with van der Waals surface area (Å²) in [6, 6.07) is 0.923. The van der Waals surface area contributed by atoms with Crippen LogP contribution < -0.4 is 11.1 Å². The van der Waals surface area contributed by atoms with Gasteiger partial charge in [-0.2, -0.15) is 0 Å². The molecule has 2 amide bonds. The number of nitro groups is 1. The number of nitrogens with zero attached hydrogens (tertiary/aromatic N) is 1. The third-order valence-electron chi connectivity index (χ3n) is 2.39. The predicted octanol–water partition coefficient (Wildman–Crippen LogP) is -0.629. The summed E-state index contributed by atoms with van der Waals surface area (Å²) in [5.41, 5.74) is 4.74. The summed E-state index contributed by atoms with van der Waals surface area (Å²) in [5, 5.41) is 21.5. The molecule has 0 spiro atoms. The van der Waals surface area contributed by atoms with Crippen molar-refractivity contribution >= 4 is 23.6 Å². The molecule has 0 unspecified atom stereocenters. The van der Waals surface area contributed by atoms with E-state index in [4.69, 9.17) is 10.8 Å². The number of carbonyl (C=O) groups is 3. The zero-order valence-corrected chi connectivity index (χ0v) is 10.2. The first-order chi connectivity index (χ1) is 9.31. The summed E-state index contributed by atoms with van der Waals surface area (Å²) in [6.45, 7) is 0. The average molecular weight is 284 g/mol. The molecule has 1 rings (SSSR count). The van der Waals surface area contributed by atoms with Gasteiger partial charge in [-0.05, 0) is 17.4 Å². The molecular weight excluding hydrogens is 272 g/mol. The molecule has 0 fully saturated rings. The number of carbonyl (C=O) groups excluding carboxylic acids is 2. The second kappa shape index (κ2) is 6.31. The third-order valence-corrected chi connectivity index (χ3v) is 2.39. The Hall–Kier alpha value is -2.91. The number of amides is 2. The van der Waals surface area contributed by atoms with Gasteiger partial charge in [0, 0.05) is 12.5 Å². The maximum absolute atomic E-state index is 11.7. The number of nitrogens with two attached hydrogens (primary N) is 1. The number of H-pyrrole nitrogens is 1. The van der Waals surface area contributed by atoms with Crippen molar-refractivity contribution in [1.82, 2.24) is 10.3 Å². The number of carboxylic acids is 1. The molecule has 0 aliphatic rings. The van der Waals surface area contributed by atoms with Crippen molar-refractivity contribution in [2.75, 3.05) is 0 Å². The van der Waals surface area contributed by atoms with E-state index in [1.807, 2.05) is 0 Å². The molecule has 0 saturated carbocycles. The highest BCUT2D eigenvalue weighted by molar-refractivity contribution is 5.95. The van der Waals surface area contributed by atoms with Crippen LogP contribution in [-0.4, -0.2) is 38.8 Å². The Morgan fingerprint density at radius 2 is 2.10 bits per heavy atom. The topological polar surface area (TPSA) is 168 Å². The number of carboxylic acid groups (broad SMARTS) is 1. The van der Waals surface area contributed by atoms with Crippen LogP contribution in [0.2, 0.25) is 0 Å². The van der Waals surface area contributed by atoms with Crippen LogP contribution in [0.5, 0.6) is 0 Å². The highest BCUT2D eigenvalue weighted by Gasteiger charge is 2.23. The molecule has 0 saturated heterocycles. The van der Waals surface area contributed by atoms with Crippen LogP contribution in [0, 0.1) is 10.1 Å². The van der Waals surface area contributed by atoms with Crippen molar-refractivity contribution in [2.24, 2.45) is 5.73 Å². The first-order valence-electron chi connectivity index (χ1n) is 5.46. The van der Waals surface area contributed by atoms with E-state index in [1.165, 1.54) is 0 Å². The Bertz CT molecular complexity index is 552. The van der Waals surface area contributed by atoms with E-state index in [2.05, 4.69) is 10.3 Å². The second-order valence-electron chi connectivity index (χ2n) is 3.88. The van der Waals surface area contributed by atoms with Gasteiger partial charge in [0.2, 0.25) is 5.91 Å². The van der Waals surface area contributed by atoms with Gasteiger partial charge in [-0.3, -0.25) is 9.59 Å². The van der Waals surface area contributed by atoms with E-state index in [0.717, 1.165) is 12.1 Å². The average Bonchev–Trinajstić information content (AvgIpc) is 2.83. The van der Waals surface area contributed by atoms with Crippen LogP contribution in [0.15, 0.2) is 12.1 Å². The molecule has 20 heavy (non-hydrogen) atoms. The monoisotopic (exact) mass is 284 g/mol. The van der Waals surface area contributed by atoms with Gasteiger partial charge in [-0.25, -0.2) is 9.78 Å². The highest BCUT2D eigenvalue weighted by atomic mass is 16.6. The van der Waals surface area contributed by atoms with Gasteiger partial charge in [0.15, 0.2) is 5.69 Å². The van der Waals surface area contributed by atoms with Gasteiger partial charge < -0.3 is 26.3 Å². The fourth-order valence-corrected chi connectivity index (χ4v) is 1.40. The lowest BCUT2D eigenvalue weighted by Crippen LogP contribution is -2.41. The number of nitrogens with one attached hydrogen (secondary N) is 2. The third kappa shape index (κ3) is 4.08. The van der Waals surface area contributed by atoms with Crippen LogP contribution in [0.3, 0.4) is 0 Å². The molecule has 0 bridgehead atoms. The minimum absolute atomic E-state index is 0.151. The van der Waals surface area contributed by atoms with Crippen molar-refractivity contribution in [2.45, 2.75) is 18.9 Å². The minimum atomic E-state index is -1.33. The molecule has 5 N–H and O–H groups in total. The van der Waals surface area contributed by atoms with Crippen LogP contribution in [0.25, 0.3) is 0 Å². The van der Waals surface area contributed by atoms with Crippen LogP contribution >= 0.6 is 0 Å². The summed E-state index contributed by atoms with van der Waals surface area (Å²) in [5.74, 6) is -3.24. The quantitative estimate of drug-likeness (QED) is 0.384. The minimum Gasteiger partial charge on any atom is -0.480 e. The van der Waals surface area contributed by atoms with E-state index >= 15 is 0 Å². The van der Waals surface area contributed by atoms with Crippen LogP contribution in [-0.2, 0) is 9.59 Å². The zero-order valence-electron chi connectivity index (χ0n) is 10.2. The molecular formula is C10H12N4O6. The lowest BCUT2D eigenvalue weighted by atomic mass is 10.1. The van der Waals surface area contributed by atoms with Crippen molar-refractivity contribution in [3.8, 4) is 0 Å². The summed E-state index contributed by atoms with van der Waals surface area (Å²) < 4.78 is 0. The van der Waals surface area contributed by atoms with Gasteiger partial charge in [-0.15, -0.1) is 0 Å². The maximum Gasteiger partial charge on any atom is 0.326 e. The number of hydrogen-bond donors (Lipinski definition) is 4. The summed E-state index contributed by atoms with van der Waals surface area (Å²) in [6.07, 6.45) is -0.374. The molecule has 108 valence electrons. The number of aromatic nitrogens is 1. The molecule has 10 heteroatoms. The Balaban J connectivity index is 2.72. The molecule has 0 radical (unpaired) electrons. The second-order valence-corrected chi connectivity index (χ2v) is 3.88. The molecule has 1 aromatic heterocycles.